The minimum absolute atomic E-state index is 0.0255. The van der Waals surface area contributed by atoms with Crippen LogP contribution in [-0.2, 0) is 0 Å². The number of carboxylic acids is 1. The Balaban J connectivity index is 2.72. The van der Waals surface area contributed by atoms with E-state index in [0.717, 1.165) is 6.42 Å². The molecule has 0 radical (unpaired) electrons. The van der Waals surface area contributed by atoms with E-state index in [4.69, 9.17) is 5.11 Å². The van der Waals surface area contributed by atoms with Crippen molar-refractivity contribution in [3.63, 3.8) is 0 Å². The van der Waals surface area contributed by atoms with Gasteiger partial charge in [0.2, 0.25) is 0 Å². The lowest BCUT2D eigenvalue weighted by Crippen LogP contribution is -2.36. The van der Waals surface area contributed by atoms with Crippen molar-refractivity contribution in [2.75, 3.05) is 11.9 Å². The Hall–Kier alpha value is -2.24. The van der Waals surface area contributed by atoms with Crippen LogP contribution in [0.1, 0.15) is 37.6 Å². The molecule has 110 valence electrons. The third-order valence-corrected chi connectivity index (χ3v) is 3.20. The Kier molecular flexibility index (Phi) is 4.96. The zero-order valence-corrected chi connectivity index (χ0v) is 11.9. The fourth-order valence-electron chi connectivity index (χ4n) is 1.43. The number of amides is 2. The molecule has 0 fully saturated rings. The predicted octanol–water partition coefficient (Wildman–Crippen LogP) is 2.65. The predicted molar refractivity (Wildman–Crippen MR) is 76.2 cm³/mol. The minimum atomic E-state index is -1.25. The fraction of sp³-hybridized carbons (Fsp3) is 0.429. The van der Waals surface area contributed by atoms with Crippen molar-refractivity contribution in [3.8, 4) is 5.75 Å². The highest BCUT2D eigenvalue weighted by molar-refractivity contribution is 5.97. The van der Waals surface area contributed by atoms with Crippen LogP contribution in [0.5, 0.6) is 5.75 Å². The smallest absolute Gasteiger partial charge is 0.339 e. The number of rotatable bonds is 5. The maximum Gasteiger partial charge on any atom is 0.339 e. The van der Waals surface area contributed by atoms with Gasteiger partial charge in [-0.15, -0.1) is 0 Å². The molecule has 0 aliphatic rings. The quantitative estimate of drug-likeness (QED) is 0.623. The highest BCUT2D eigenvalue weighted by Crippen LogP contribution is 2.27. The molecule has 0 saturated carbocycles. The van der Waals surface area contributed by atoms with E-state index < -0.39 is 17.7 Å². The molecule has 1 rings (SSSR count). The van der Waals surface area contributed by atoms with E-state index in [9.17, 15) is 14.7 Å². The van der Waals surface area contributed by atoms with Crippen LogP contribution in [0.3, 0.4) is 0 Å². The Morgan fingerprint density at radius 3 is 2.50 bits per heavy atom. The van der Waals surface area contributed by atoms with Crippen LogP contribution in [0.2, 0.25) is 0 Å². The number of para-hydroxylation sites is 1. The molecule has 0 aromatic heterocycles. The van der Waals surface area contributed by atoms with E-state index in [-0.39, 0.29) is 16.7 Å². The summed E-state index contributed by atoms with van der Waals surface area (Å²) in [6.45, 7) is 6.56. The second-order valence-electron chi connectivity index (χ2n) is 5.33. The molecule has 1 aromatic rings. The molecule has 0 bridgehead atoms. The number of benzene rings is 1. The summed E-state index contributed by atoms with van der Waals surface area (Å²) in [4.78, 5) is 22.6. The van der Waals surface area contributed by atoms with Gasteiger partial charge in [0.05, 0.1) is 5.69 Å². The molecular weight excluding hydrogens is 260 g/mol. The van der Waals surface area contributed by atoms with Crippen molar-refractivity contribution in [1.82, 2.24) is 5.32 Å². The van der Waals surface area contributed by atoms with Gasteiger partial charge in [0.15, 0.2) is 5.75 Å². The molecule has 6 nitrogen and oxygen atoms in total. The van der Waals surface area contributed by atoms with Crippen LogP contribution in [0.15, 0.2) is 18.2 Å². The van der Waals surface area contributed by atoms with Gasteiger partial charge < -0.3 is 20.8 Å². The summed E-state index contributed by atoms with van der Waals surface area (Å²) in [6.07, 6.45) is 0.910. The third-order valence-electron chi connectivity index (χ3n) is 3.20. The lowest BCUT2D eigenvalue weighted by molar-refractivity contribution is 0.0693. The number of aromatic carboxylic acids is 1. The van der Waals surface area contributed by atoms with Crippen LogP contribution in [0, 0.1) is 5.41 Å². The molecule has 0 aliphatic carbocycles. The van der Waals surface area contributed by atoms with Gasteiger partial charge in [-0.3, -0.25) is 0 Å². The van der Waals surface area contributed by atoms with Crippen LogP contribution < -0.4 is 10.6 Å². The first-order valence-corrected chi connectivity index (χ1v) is 6.37. The van der Waals surface area contributed by atoms with Gasteiger partial charge in [0, 0.05) is 6.54 Å². The Morgan fingerprint density at radius 1 is 1.30 bits per heavy atom. The SMILES string of the molecule is CCC(C)(C)CNC(=O)Nc1cccc(C(=O)O)c1O. The van der Waals surface area contributed by atoms with Gasteiger partial charge in [-0.1, -0.05) is 26.8 Å². The number of hydrogen-bond donors (Lipinski definition) is 4. The van der Waals surface area contributed by atoms with E-state index in [2.05, 4.69) is 10.6 Å². The number of aromatic hydroxyl groups is 1. The topological polar surface area (TPSA) is 98.7 Å². The van der Waals surface area contributed by atoms with Gasteiger partial charge >= 0.3 is 12.0 Å². The summed E-state index contributed by atoms with van der Waals surface area (Å²) in [7, 11) is 0. The van der Waals surface area contributed by atoms with Crippen molar-refractivity contribution >= 4 is 17.7 Å². The molecule has 6 heteroatoms. The highest BCUT2D eigenvalue weighted by Gasteiger charge is 2.18. The van der Waals surface area contributed by atoms with Crippen molar-refractivity contribution in [2.24, 2.45) is 5.41 Å². The molecule has 20 heavy (non-hydrogen) atoms. The fourth-order valence-corrected chi connectivity index (χ4v) is 1.43. The van der Waals surface area contributed by atoms with Crippen molar-refractivity contribution < 1.29 is 19.8 Å². The van der Waals surface area contributed by atoms with Crippen LogP contribution >= 0.6 is 0 Å². The first-order chi connectivity index (χ1) is 9.26. The summed E-state index contributed by atoms with van der Waals surface area (Å²) in [5.41, 5.74) is -0.212. The average Bonchev–Trinajstić information content (AvgIpc) is 2.39. The first kappa shape index (κ1) is 15.8. The average molecular weight is 280 g/mol. The zero-order chi connectivity index (χ0) is 15.3. The maximum atomic E-state index is 11.7. The number of nitrogens with one attached hydrogen (secondary N) is 2. The van der Waals surface area contributed by atoms with E-state index in [1.54, 1.807) is 0 Å². The number of anilines is 1. The number of carbonyl (C=O) groups is 2. The monoisotopic (exact) mass is 280 g/mol. The summed E-state index contributed by atoms with van der Waals surface area (Å²) in [6, 6.07) is 3.67. The summed E-state index contributed by atoms with van der Waals surface area (Å²) in [5.74, 6) is -1.71. The second kappa shape index (κ2) is 6.27. The van der Waals surface area contributed by atoms with Gasteiger partial charge in [-0.2, -0.15) is 0 Å². The van der Waals surface area contributed by atoms with E-state index in [1.165, 1.54) is 18.2 Å². The number of phenols is 1. The summed E-state index contributed by atoms with van der Waals surface area (Å²) in [5, 5.41) is 23.8. The number of hydrogen-bond acceptors (Lipinski definition) is 3. The minimum Gasteiger partial charge on any atom is -0.505 e. The third kappa shape index (κ3) is 4.15. The lowest BCUT2D eigenvalue weighted by Gasteiger charge is -2.23. The van der Waals surface area contributed by atoms with Gasteiger partial charge in [0.1, 0.15) is 5.56 Å². The molecule has 0 unspecified atom stereocenters. The number of urea groups is 1. The second-order valence-corrected chi connectivity index (χ2v) is 5.33. The Bertz CT molecular complexity index is 512. The maximum absolute atomic E-state index is 11.7. The molecule has 1 aromatic carbocycles. The molecule has 0 aliphatic heterocycles. The molecule has 0 atom stereocenters. The van der Waals surface area contributed by atoms with Crippen molar-refractivity contribution in [3.05, 3.63) is 23.8 Å². The first-order valence-electron chi connectivity index (χ1n) is 6.37. The van der Waals surface area contributed by atoms with Crippen LogP contribution in [0.4, 0.5) is 10.5 Å². The molecule has 4 N–H and O–H groups in total. The number of carbonyl (C=O) groups excluding carboxylic acids is 1. The van der Waals surface area contributed by atoms with E-state index >= 15 is 0 Å². The standard InChI is InChI=1S/C14H20N2O4/c1-4-14(2,3)8-15-13(20)16-10-7-5-6-9(11(10)17)12(18)19/h5-7,17H,4,8H2,1-3H3,(H,18,19)(H2,15,16,20). The molecule has 2 amide bonds. The van der Waals surface area contributed by atoms with Crippen molar-refractivity contribution in [2.45, 2.75) is 27.2 Å². The summed E-state index contributed by atoms with van der Waals surface area (Å²) >= 11 is 0. The van der Waals surface area contributed by atoms with Crippen LogP contribution in [-0.4, -0.2) is 28.8 Å². The molecular formula is C14H20N2O4. The molecule has 0 spiro atoms. The van der Waals surface area contributed by atoms with Crippen LogP contribution in [0.25, 0.3) is 0 Å². The van der Waals surface area contributed by atoms with Crippen molar-refractivity contribution in [1.29, 1.82) is 0 Å². The lowest BCUT2D eigenvalue weighted by atomic mass is 9.90. The Labute approximate surface area is 117 Å². The molecule has 0 saturated heterocycles. The van der Waals surface area contributed by atoms with E-state index in [0.29, 0.717) is 6.54 Å². The normalized spacial score (nSPS) is 10.9. The largest absolute Gasteiger partial charge is 0.505 e. The highest BCUT2D eigenvalue weighted by atomic mass is 16.4. The summed E-state index contributed by atoms with van der Waals surface area (Å²) < 4.78 is 0. The molecule has 0 heterocycles. The zero-order valence-electron chi connectivity index (χ0n) is 11.9. The van der Waals surface area contributed by atoms with Gasteiger partial charge in [0.25, 0.3) is 0 Å². The van der Waals surface area contributed by atoms with Gasteiger partial charge in [-0.25, -0.2) is 9.59 Å². The van der Waals surface area contributed by atoms with E-state index in [1.807, 2.05) is 20.8 Å². The van der Waals surface area contributed by atoms with Gasteiger partial charge in [-0.05, 0) is 24.0 Å². The Morgan fingerprint density at radius 2 is 1.95 bits per heavy atom. The number of carboxylic acid groups (broad SMARTS) is 1.